The molecule has 7 heteroatoms. The second kappa shape index (κ2) is 4.76. The number of anilines is 1. The Hall–Kier alpha value is -2.57. The maximum absolute atomic E-state index is 5.93. The third-order valence-electron chi connectivity index (χ3n) is 3.05. The van der Waals surface area contributed by atoms with Gasteiger partial charge in [-0.2, -0.15) is 9.97 Å². The topological polar surface area (TPSA) is 92.4 Å². The van der Waals surface area contributed by atoms with E-state index in [1.54, 1.807) is 6.07 Å². The molecule has 0 amide bonds. The Balaban J connectivity index is 1.94. The smallest absolute Gasteiger partial charge is 0.330 e. The largest absolute Gasteiger partial charge is 0.483 e. The minimum Gasteiger partial charge on any atom is -0.483 e. The van der Waals surface area contributed by atoms with Crippen LogP contribution in [-0.4, -0.2) is 27.7 Å². The average Bonchev–Trinajstić information content (AvgIpc) is 2.73. The molecule has 1 aliphatic rings. The van der Waals surface area contributed by atoms with Crippen LogP contribution in [0.5, 0.6) is 23.5 Å². The van der Waals surface area contributed by atoms with Crippen LogP contribution in [0.3, 0.4) is 0 Å². The van der Waals surface area contributed by atoms with E-state index in [4.69, 9.17) is 19.9 Å². The molecule has 0 saturated heterocycles. The first-order valence-electron chi connectivity index (χ1n) is 6.51. The SMILES string of the molecule is COc1nc(N)nc(Oc2cccc3c2OC(C)(C)C3)n1. The van der Waals surface area contributed by atoms with Gasteiger partial charge in [0.15, 0.2) is 11.5 Å². The zero-order valence-corrected chi connectivity index (χ0v) is 12.1. The van der Waals surface area contributed by atoms with Crippen LogP contribution in [0.2, 0.25) is 0 Å². The molecule has 1 aliphatic heterocycles. The van der Waals surface area contributed by atoms with Crippen molar-refractivity contribution in [2.45, 2.75) is 25.9 Å². The maximum atomic E-state index is 5.93. The van der Waals surface area contributed by atoms with E-state index < -0.39 is 0 Å². The summed E-state index contributed by atoms with van der Waals surface area (Å²) in [5.41, 5.74) is 6.43. The van der Waals surface area contributed by atoms with Crippen molar-refractivity contribution in [3.63, 3.8) is 0 Å². The molecule has 7 nitrogen and oxygen atoms in total. The first-order valence-corrected chi connectivity index (χ1v) is 6.51. The predicted octanol–water partition coefficient (Wildman–Crippen LogP) is 1.97. The number of hydrogen-bond acceptors (Lipinski definition) is 7. The number of nitrogens with zero attached hydrogens (tertiary/aromatic N) is 3. The van der Waals surface area contributed by atoms with Crippen LogP contribution in [0.15, 0.2) is 18.2 Å². The van der Waals surface area contributed by atoms with Gasteiger partial charge in [-0.3, -0.25) is 0 Å². The van der Waals surface area contributed by atoms with Gasteiger partial charge < -0.3 is 19.9 Å². The summed E-state index contributed by atoms with van der Waals surface area (Å²) >= 11 is 0. The van der Waals surface area contributed by atoms with Crippen molar-refractivity contribution in [3.05, 3.63) is 23.8 Å². The molecule has 0 bridgehead atoms. The molecule has 2 heterocycles. The number of nitrogen functional groups attached to an aromatic ring is 1. The zero-order valence-electron chi connectivity index (χ0n) is 12.1. The highest BCUT2D eigenvalue weighted by Gasteiger charge is 2.32. The van der Waals surface area contributed by atoms with Crippen LogP contribution in [0.4, 0.5) is 5.95 Å². The summed E-state index contributed by atoms with van der Waals surface area (Å²) in [6.07, 6.45) is 0.822. The van der Waals surface area contributed by atoms with Crippen LogP contribution in [0.25, 0.3) is 0 Å². The Morgan fingerprint density at radius 3 is 2.71 bits per heavy atom. The van der Waals surface area contributed by atoms with Crippen LogP contribution in [-0.2, 0) is 6.42 Å². The highest BCUT2D eigenvalue weighted by Crippen LogP contribution is 2.42. The van der Waals surface area contributed by atoms with Gasteiger partial charge in [-0.1, -0.05) is 12.1 Å². The highest BCUT2D eigenvalue weighted by atomic mass is 16.5. The highest BCUT2D eigenvalue weighted by molar-refractivity contribution is 5.51. The van der Waals surface area contributed by atoms with Gasteiger partial charge in [0.25, 0.3) is 0 Å². The summed E-state index contributed by atoms with van der Waals surface area (Å²) in [6, 6.07) is 5.89. The van der Waals surface area contributed by atoms with Crippen LogP contribution >= 0.6 is 0 Å². The summed E-state index contributed by atoms with van der Waals surface area (Å²) in [6.45, 7) is 4.06. The van der Waals surface area contributed by atoms with Crippen molar-refractivity contribution < 1.29 is 14.2 Å². The first kappa shape index (κ1) is 13.4. The Bertz CT molecular complexity index is 688. The van der Waals surface area contributed by atoms with Crippen LogP contribution in [0.1, 0.15) is 19.4 Å². The van der Waals surface area contributed by atoms with E-state index in [-0.39, 0.29) is 23.6 Å². The van der Waals surface area contributed by atoms with E-state index in [1.165, 1.54) is 7.11 Å². The number of fused-ring (bicyclic) bond motifs is 1. The van der Waals surface area contributed by atoms with Crippen molar-refractivity contribution in [2.24, 2.45) is 0 Å². The molecule has 1 aromatic carbocycles. The molecular weight excluding hydrogens is 272 g/mol. The lowest BCUT2D eigenvalue weighted by atomic mass is 10.0. The maximum Gasteiger partial charge on any atom is 0.330 e. The number of para-hydroxylation sites is 1. The van der Waals surface area contributed by atoms with Gasteiger partial charge in [0, 0.05) is 12.0 Å². The zero-order chi connectivity index (χ0) is 15.0. The summed E-state index contributed by atoms with van der Waals surface area (Å²) in [4.78, 5) is 11.8. The van der Waals surface area contributed by atoms with Gasteiger partial charge in [-0.25, -0.2) is 0 Å². The van der Waals surface area contributed by atoms with E-state index >= 15 is 0 Å². The number of nitrogens with two attached hydrogens (primary N) is 1. The normalized spacial score (nSPS) is 15.2. The molecule has 21 heavy (non-hydrogen) atoms. The van der Waals surface area contributed by atoms with Crippen molar-refractivity contribution in [3.8, 4) is 23.5 Å². The van der Waals surface area contributed by atoms with Gasteiger partial charge in [0.1, 0.15) is 5.60 Å². The van der Waals surface area contributed by atoms with Crippen molar-refractivity contribution in [2.75, 3.05) is 12.8 Å². The van der Waals surface area contributed by atoms with Gasteiger partial charge in [0.05, 0.1) is 7.11 Å². The molecular formula is C14H16N4O3. The molecule has 3 rings (SSSR count). The number of aromatic nitrogens is 3. The van der Waals surface area contributed by atoms with Crippen LogP contribution in [0, 0.1) is 0 Å². The third kappa shape index (κ3) is 2.67. The Labute approximate surface area is 122 Å². The second-order valence-electron chi connectivity index (χ2n) is 5.35. The molecule has 0 fully saturated rings. The van der Waals surface area contributed by atoms with Crippen LogP contribution < -0.4 is 19.9 Å². The van der Waals surface area contributed by atoms with Gasteiger partial charge in [-0.15, -0.1) is 4.98 Å². The van der Waals surface area contributed by atoms with E-state index in [0.29, 0.717) is 11.5 Å². The monoisotopic (exact) mass is 288 g/mol. The Morgan fingerprint density at radius 2 is 1.95 bits per heavy atom. The lowest BCUT2D eigenvalue weighted by Gasteiger charge is -2.17. The third-order valence-corrected chi connectivity index (χ3v) is 3.05. The lowest BCUT2D eigenvalue weighted by Crippen LogP contribution is -2.24. The predicted molar refractivity (Wildman–Crippen MR) is 75.7 cm³/mol. The average molecular weight is 288 g/mol. The van der Waals surface area contributed by atoms with Crippen molar-refractivity contribution in [1.82, 2.24) is 15.0 Å². The fourth-order valence-corrected chi connectivity index (χ4v) is 2.26. The number of ether oxygens (including phenoxy) is 3. The fraction of sp³-hybridized carbons (Fsp3) is 0.357. The van der Waals surface area contributed by atoms with Crippen molar-refractivity contribution in [1.29, 1.82) is 0 Å². The summed E-state index contributed by atoms with van der Waals surface area (Å²) in [7, 11) is 1.45. The molecule has 0 aliphatic carbocycles. The molecule has 2 aromatic rings. The number of rotatable bonds is 3. The molecule has 110 valence electrons. The molecule has 0 saturated carbocycles. The summed E-state index contributed by atoms with van der Waals surface area (Å²) in [5, 5.41) is 0. The van der Waals surface area contributed by atoms with E-state index in [1.807, 2.05) is 26.0 Å². The number of benzene rings is 1. The minimum atomic E-state index is -0.252. The van der Waals surface area contributed by atoms with E-state index in [0.717, 1.165) is 12.0 Å². The van der Waals surface area contributed by atoms with Gasteiger partial charge in [-0.05, 0) is 19.9 Å². The van der Waals surface area contributed by atoms with E-state index in [2.05, 4.69) is 15.0 Å². The molecule has 0 atom stereocenters. The molecule has 2 N–H and O–H groups in total. The minimum absolute atomic E-state index is 0.0330. The molecule has 0 unspecified atom stereocenters. The molecule has 1 aromatic heterocycles. The second-order valence-corrected chi connectivity index (χ2v) is 5.35. The fourth-order valence-electron chi connectivity index (χ4n) is 2.26. The van der Waals surface area contributed by atoms with Gasteiger partial charge >= 0.3 is 12.0 Å². The summed E-state index contributed by atoms with van der Waals surface area (Å²) in [5.74, 6) is 1.29. The first-order chi connectivity index (χ1) is 9.97. The van der Waals surface area contributed by atoms with Crippen molar-refractivity contribution >= 4 is 5.95 Å². The van der Waals surface area contributed by atoms with E-state index in [9.17, 15) is 0 Å². The molecule has 0 radical (unpaired) electrons. The molecule has 0 spiro atoms. The quantitative estimate of drug-likeness (QED) is 0.922. The number of hydrogen-bond donors (Lipinski definition) is 1. The standard InChI is InChI=1S/C14H16N4O3/c1-14(2)7-8-5-4-6-9(10(8)21-14)20-13-17-11(15)16-12(18-13)19-3/h4-6H,7H2,1-3H3,(H2,15,16,17,18). The Morgan fingerprint density at radius 1 is 1.19 bits per heavy atom. The number of methoxy groups -OCH3 is 1. The Kier molecular flexibility index (Phi) is 3.04. The lowest BCUT2D eigenvalue weighted by molar-refractivity contribution is 0.134. The summed E-state index contributed by atoms with van der Waals surface area (Å²) < 4.78 is 16.6. The van der Waals surface area contributed by atoms with Gasteiger partial charge in [0.2, 0.25) is 5.95 Å².